The molecule has 0 fully saturated rings. The lowest BCUT2D eigenvalue weighted by atomic mass is 10.1. The van der Waals surface area contributed by atoms with E-state index >= 15 is 0 Å². The molecule has 0 bridgehead atoms. The van der Waals surface area contributed by atoms with E-state index in [0.29, 0.717) is 43.3 Å². The molecule has 0 saturated carbocycles. The number of carbonyl (C=O) groups is 1. The number of fused-ring (bicyclic) bond motifs is 1. The molecule has 5 heteroatoms. The van der Waals surface area contributed by atoms with Gasteiger partial charge in [0.05, 0.1) is 7.11 Å². The van der Waals surface area contributed by atoms with Crippen molar-refractivity contribution in [2.75, 3.05) is 20.3 Å². The van der Waals surface area contributed by atoms with Crippen LogP contribution in [0.25, 0.3) is 0 Å². The number of hydrogen-bond acceptors (Lipinski definition) is 4. The van der Waals surface area contributed by atoms with Gasteiger partial charge in [0.2, 0.25) is 0 Å². The van der Waals surface area contributed by atoms with Crippen LogP contribution in [0.4, 0.5) is 0 Å². The molecule has 1 aromatic rings. The topological polar surface area (TPSA) is 44.8 Å². The third-order valence-electron chi connectivity index (χ3n) is 2.54. The molecule has 0 amide bonds. The van der Waals surface area contributed by atoms with Gasteiger partial charge in [-0.05, 0) is 34.0 Å². The maximum atomic E-state index is 10.4. The summed E-state index contributed by atoms with van der Waals surface area (Å²) in [7, 11) is 1.60. The summed E-state index contributed by atoms with van der Waals surface area (Å²) in [6.45, 7) is 1.07. The van der Waals surface area contributed by atoms with E-state index < -0.39 is 0 Å². The van der Waals surface area contributed by atoms with E-state index in [1.54, 1.807) is 7.11 Å². The minimum Gasteiger partial charge on any atom is -0.495 e. The summed E-state index contributed by atoms with van der Waals surface area (Å²) in [4.78, 5) is 10.4. The third kappa shape index (κ3) is 2.39. The zero-order valence-corrected chi connectivity index (χ0v) is 11.1. The normalized spacial score (nSPS) is 13.3. The first-order valence-electron chi connectivity index (χ1n) is 5.36. The third-order valence-corrected chi connectivity index (χ3v) is 3.26. The molecule has 1 heterocycles. The van der Waals surface area contributed by atoms with E-state index in [1.165, 1.54) is 0 Å². The number of hydrogen-bond donors (Lipinski definition) is 0. The number of aldehydes is 1. The summed E-state index contributed by atoms with van der Waals surface area (Å²) in [6, 6.07) is 1.88. The minimum atomic E-state index is 0.461. The molecule has 0 radical (unpaired) electrons. The molecule has 2 rings (SSSR count). The Balaban J connectivity index is 2.44. The van der Waals surface area contributed by atoms with Crippen LogP contribution in [0.15, 0.2) is 10.5 Å². The summed E-state index contributed by atoms with van der Waals surface area (Å²) < 4.78 is 17.1. The molecule has 0 aliphatic carbocycles. The van der Waals surface area contributed by atoms with Crippen LogP contribution < -0.4 is 14.2 Å². The van der Waals surface area contributed by atoms with E-state index in [-0.39, 0.29) is 0 Å². The van der Waals surface area contributed by atoms with Gasteiger partial charge in [-0.2, -0.15) is 0 Å². The van der Waals surface area contributed by atoms with Crippen LogP contribution in [0.2, 0.25) is 0 Å². The number of methoxy groups -OCH3 is 1. The number of benzene rings is 1. The predicted octanol–water partition coefficient (Wildman–Crippen LogP) is 2.36. The molecule has 0 atom stereocenters. The number of halogens is 1. The Morgan fingerprint density at radius 2 is 2.24 bits per heavy atom. The van der Waals surface area contributed by atoms with Gasteiger partial charge in [0.25, 0.3) is 0 Å². The number of rotatable bonds is 4. The molecule has 1 aliphatic rings. The Hall–Kier alpha value is -1.23. The first kappa shape index (κ1) is 12.2. The van der Waals surface area contributed by atoms with Crippen molar-refractivity contribution < 1.29 is 19.0 Å². The summed E-state index contributed by atoms with van der Waals surface area (Å²) in [5, 5.41) is 0. The molecule has 0 unspecified atom stereocenters. The lowest BCUT2D eigenvalue weighted by molar-refractivity contribution is -0.107. The molecule has 4 nitrogen and oxygen atoms in total. The van der Waals surface area contributed by atoms with Gasteiger partial charge in [-0.25, -0.2) is 0 Å². The average molecular weight is 301 g/mol. The van der Waals surface area contributed by atoms with Crippen LogP contribution in [0.5, 0.6) is 17.2 Å². The van der Waals surface area contributed by atoms with Crippen molar-refractivity contribution in [1.82, 2.24) is 0 Å². The monoisotopic (exact) mass is 300 g/mol. The fourth-order valence-corrected chi connectivity index (χ4v) is 2.53. The van der Waals surface area contributed by atoms with E-state index in [2.05, 4.69) is 15.9 Å². The van der Waals surface area contributed by atoms with Gasteiger partial charge in [-0.15, -0.1) is 0 Å². The minimum absolute atomic E-state index is 0.461. The van der Waals surface area contributed by atoms with E-state index in [4.69, 9.17) is 14.2 Å². The molecule has 1 aromatic carbocycles. The Bertz CT molecular complexity index is 431. The van der Waals surface area contributed by atoms with Crippen molar-refractivity contribution >= 4 is 22.2 Å². The zero-order valence-electron chi connectivity index (χ0n) is 9.49. The Morgan fingerprint density at radius 1 is 1.47 bits per heavy atom. The molecule has 92 valence electrons. The lowest BCUT2D eigenvalue weighted by Crippen LogP contribution is -2.16. The molecule has 0 N–H and O–H groups in total. The summed E-state index contributed by atoms with van der Waals surface area (Å²) in [5.41, 5.74) is 0.940. The number of ether oxygens (including phenoxy) is 3. The van der Waals surface area contributed by atoms with Crippen LogP contribution in [0.3, 0.4) is 0 Å². The highest BCUT2D eigenvalue weighted by Crippen LogP contribution is 2.45. The van der Waals surface area contributed by atoms with Gasteiger partial charge >= 0.3 is 0 Å². The Labute approximate surface area is 108 Å². The lowest BCUT2D eigenvalue weighted by Gasteiger charge is -2.22. The number of aryl methyl sites for hydroxylation is 1. The van der Waals surface area contributed by atoms with Crippen molar-refractivity contribution in [3.8, 4) is 17.2 Å². The summed E-state index contributed by atoms with van der Waals surface area (Å²) in [5.74, 6) is 2.07. The zero-order chi connectivity index (χ0) is 12.3. The molecular formula is C12H13BrO4. The van der Waals surface area contributed by atoms with Crippen molar-refractivity contribution in [3.05, 3.63) is 16.1 Å². The molecule has 1 aliphatic heterocycles. The van der Waals surface area contributed by atoms with E-state index in [9.17, 15) is 4.79 Å². The highest BCUT2D eigenvalue weighted by atomic mass is 79.9. The van der Waals surface area contributed by atoms with Crippen molar-refractivity contribution in [1.29, 1.82) is 0 Å². The van der Waals surface area contributed by atoms with Crippen LogP contribution in [-0.2, 0) is 11.2 Å². The van der Waals surface area contributed by atoms with Crippen molar-refractivity contribution in [3.63, 3.8) is 0 Å². The number of carbonyl (C=O) groups excluding carboxylic acids is 1. The first-order valence-corrected chi connectivity index (χ1v) is 6.15. The maximum Gasteiger partial charge on any atom is 0.179 e. The van der Waals surface area contributed by atoms with Gasteiger partial charge in [-0.3, -0.25) is 0 Å². The summed E-state index contributed by atoms with van der Waals surface area (Å²) >= 11 is 3.45. The fraction of sp³-hybridized carbons (Fsp3) is 0.417. The van der Waals surface area contributed by atoms with Gasteiger partial charge in [0.15, 0.2) is 11.5 Å². The van der Waals surface area contributed by atoms with Crippen molar-refractivity contribution in [2.45, 2.75) is 12.8 Å². The Kier molecular flexibility index (Phi) is 3.89. The predicted molar refractivity (Wildman–Crippen MR) is 66.1 cm³/mol. The van der Waals surface area contributed by atoms with Gasteiger partial charge in [0, 0.05) is 6.42 Å². The molecule has 0 spiro atoms. The smallest absolute Gasteiger partial charge is 0.179 e. The fourth-order valence-electron chi connectivity index (χ4n) is 1.80. The second kappa shape index (κ2) is 5.40. The molecular weight excluding hydrogens is 288 g/mol. The van der Waals surface area contributed by atoms with E-state index in [1.807, 2.05) is 6.07 Å². The second-order valence-electron chi connectivity index (χ2n) is 3.61. The average Bonchev–Trinajstić information content (AvgIpc) is 2.36. The molecule has 17 heavy (non-hydrogen) atoms. The second-order valence-corrected chi connectivity index (χ2v) is 4.41. The van der Waals surface area contributed by atoms with Gasteiger partial charge in [-0.1, -0.05) is 0 Å². The van der Waals surface area contributed by atoms with Crippen molar-refractivity contribution in [2.24, 2.45) is 0 Å². The van der Waals surface area contributed by atoms with Gasteiger partial charge < -0.3 is 19.0 Å². The molecule has 0 saturated heterocycles. The Morgan fingerprint density at radius 3 is 2.94 bits per heavy atom. The summed E-state index contributed by atoms with van der Waals surface area (Å²) in [6.07, 6.45) is 1.98. The largest absolute Gasteiger partial charge is 0.495 e. The SMILES string of the molecule is COc1c(CCC=O)cc2c(c1Br)OCCO2. The van der Waals surface area contributed by atoms with Crippen LogP contribution in [0, 0.1) is 0 Å². The standard InChI is InChI=1S/C12H13BrO4/c1-15-11-8(3-2-4-14)7-9-12(10(11)13)17-6-5-16-9/h4,7H,2-3,5-6H2,1H3. The van der Waals surface area contributed by atoms with Crippen LogP contribution >= 0.6 is 15.9 Å². The highest BCUT2D eigenvalue weighted by molar-refractivity contribution is 9.10. The maximum absolute atomic E-state index is 10.4. The van der Waals surface area contributed by atoms with Gasteiger partial charge in [0.1, 0.15) is 29.7 Å². The highest BCUT2D eigenvalue weighted by Gasteiger charge is 2.21. The van der Waals surface area contributed by atoms with Crippen LogP contribution in [-0.4, -0.2) is 26.6 Å². The molecule has 0 aromatic heterocycles. The quantitative estimate of drug-likeness (QED) is 0.801. The first-order chi connectivity index (χ1) is 8.27. The van der Waals surface area contributed by atoms with E-state index in [0.717, 1.165) is 16.3 Å². The van der Waals surface area contributed by atoms with Crippen LogP contribution in [0.1, 0.15) is 12.0 Å².